The fraction of sp³-hybridized carbons (Fsp3) is 0.333. The first-order valence-electron chi connectivity index (χ1n) is 9.81. The number of ether oxygens (including phenoxy) is 1. The van der Waals surface area contributed by atoms with Crippen molar-refractivity contribution in [2.24, 2.45) is 0 Å². The molecule has 0 aliphatic carbocycles. The largest absolute Gasteiger partial charge is 0.465 e. The maximum absolute atomic E-state index is 13.5. The van der Waals surface area contributed by atoms with Crippen LogP contribution in [0.25, 0.3) is 10.8 Å². The van der Waals surface area contributed by atoms with E-state index in [1.165, 1.54) is 28.9 Å². The van der Waals surface area contributed by atoms with Crippen molar-refractivity contribution in [3.8, 4) is 0 Å². The number of thiazole rings is 1. The second-order valence-corrected chi connectivity index (χ2v) is 10.3. The van der Waals surface area contributed by atoms with Gasteiger partial charge in [-0.3, -0.25) is 0 Å². The van der Waals surface area contributed by atoms with Gasteiger partial charge in [0.25, 0.3) is 0 Å². The SMILES string of the molecule is COC(=O)c1cnc(N2CCN(S(=O)(=O)c3cccc4c(N(C)C)cccc34)CC2)s1. The maximum Gasteiger partial charge on any atom is 0.349 e. The molecule has 4 rings (SSSR count). The van der Waals surface area contributed by atoms with Crippen LogP contribution in [0.4, 0.5) is 10.8 Å². The summed E-state index contributed by atoms with van der Waals surface area (Å²) in [5, 5.41) is 2.32. The molecule has 1 saturated heterocycles. The number of piperazine rings is 1. The lowest BCUT2D eigenvalue weighted by Gasteiger charge is -2.34. The number of hydrogen-bond donors (Lipinski definition) is 0. The van der Waals surface area contributed by atoms with Crippen LogP contribution >= 0.6 is 11.3 Å². The summed E-state index contributed by atoms with van der Waals surface area (Å²) in [5.74, 6) is -0.419. The number of fused-ring (bicyclic) bond motifs is 1. The van der Waals surface area contributed by atoms with Crippen LogP contribution in [-0.2, 0) is 14.8 Å². The number of aromatic nitrogens is 1. The lowest BCUT2D eigenvalue weighted by Crippen LogP contribution is -2.48. The van der Waals surface area contributed by atoms with Gasteiger partial charge in [0.2, 0.25) is 10.0 Å². The molecule has 1 fully saturated rings. The first-order chi connectivity index (χ1) is 14.8. The highest BCUT2D eigenvalue weighted by atomic mass is 32.2. The molecule has 2 aromatic carbocycles. The highest BCUT2D eigenvalue weighted by molar-refractivity contribution is 7.89. The monoisotopic (exact) mass is 460 g/mol. The number of hydrogen-bond acceptors (Lipinski definition) is 8. The third-order valence-electron chi connectivity index (χ3n) is 5.35. The molecule has 1 aliphatic heterocycles. The van der Waals surface area contributed by atoms with Crippen LogP contribution in [0.3, 0.4) is 0 Å². The molecule has 0 bridgehead atoms. The predicted molar refractivity (Wildman–Crippen MR) is 123 cm³/mol. The molecule has 0 radical (unpaired) electrons. The number of rotatable bonds is 5. The molecule has 164 valence electrons. The van der Waals surface area contributed by atoms with Gasteiger partial charge < -0.3 is 14.5 Å². The molecule has 10 heteroatoms. The fourth-order valence-corrected chi connectivity index (χ4v) is 6.26. The predicted octanol–water partition coefficient (Wildman–Crippen LogP) is 2.66. The minimum absolute atomic E-state index is 0.323. The Labute approximate surface area is 185 Å². The normalized spacial score (nSPS) is 15.3. The second-order valence-electron chi connectivity index (χ2n) is 7.41. The first kappa shape index (κ1) is 21.5. The zero-order valence-corrected chi connectivity index (χ0v) is 19.2. The van der Waals surface area contributed by atoms with Crippen LogP contribution < -0.4 is 9.80 Å². The minimum atomic E-state index is -3.65. The Bertz CT molecular complexity index is 1220. The summed E-state index contributed by atoms with van der Waals surface area (Å²) in [5.41, 5.74) is 0.976. The zero-order valence-electron chi connectivity index (χ0n) is 17.6. The van der Waals surface area contributed by atoms with Gasteiger partial charge in [-0.05, 0) is 12.1 Å². The van der Waals surface area contributed by atoms with Gasteiger partial charge in [-0.2, -0.15) is 4.31 Å². The molecule has 8 nitrogen and oxygen atoms in total. The molecule has 31 heavy (non-hydrogen) atoms. The van der Waals surface area contributed by atoms with E-state index in [9.17, 15) is 13.2 Å². The maximum atomic E-state index is 13.5. The molecule has 0 atom stereocenters. The smallest absolute Gasteiger partial charge is 0.349 e. The lowest BCUT2D eigenvalue weighted by molar-refractivity contribution is 0.0606. The highest BCUT2D eigenvalue weighted by Gasteiger charge is 2.31. The molecular weight excluding hydrogens is 436 g/mol. The number of anilines is 2. The van der Waals surface area contributed by atoms with E-state index in [-0.39, 0.29) is 0 Å². The van der Waals surface area contributed by atoms with E-state index in [4.69, 9.17) is 4.74 Å². The average Bonchev–Trinajstić information content (AvgIpc) is 3.28. The summed E-state index contributed by atoms with van der Waals surface area (Å²) in [6.07, 6.45) is 1.49. The van der Waals surface area contributed by atoms with E-state index in [1.807, 2.05) is 48.2 Å². The minimum Gasteiger partial charge on any atom is -0.465 e. The summed E-state index contributed by atoms with van der Waals surface area (Å²) in [7, 11) is 1.57. The number of esters is 1. The van der Waals surface area contributed by atoms with E-state index in [1.54, 1.807) is 12.1 Å². The molecule has 3 aromatic rings. The number of carbonyl (C=O) groups is 1. The molecule has 0 N–H and O–H groups in total. The average molecular weight is 461 g/mol. The first-order valence-corrected chi connectivity index (χ1v) is 12.1. The molecule has 0 saturated carbocycles. The van der Waals surface area contributed by atoms with Crippen LogP contribution in [0.1, 0.15) is 9.67 Å². The van der Waals surface area contributed by atoms with Gasteiger partial charge in [0, 0.05) is 56.7 Å². The fourth-order valence-electron chi connectivity index (χ4n) is 3.74. The van der Waals surface area contributed by atoms with Crippen LogP contribution in [-0.4, -0.2) is 71.1 Å². The van der Waals surface area contributed by atoms with Crippen molar-refractivity contribution >= 4 is 48.9 Å². The van der Waals surface area contributed by atoms with E-state index in [0.717, 1.165) is 16.5 Å². The van der Waals surface area contributed by atoms with Crippen molar-refractivity contribution in [1.82, 2.24) is 9.29 Å². The van der Waals surface area contributed by atoms with Crippen LogP contribution in [0, 0.1) is 0 Å². The summed E-state index contributed by atoms with van der Waals surface area (Å²) in [4.78, 5) is 20.7. The van der Waals surface area contributed by atoms with Crippen LogP contribution in [0.15, 0.2) is 47.5 Å². The van der Waals surface area contributed by atoms with E-state index in [2.05, 4.69) is 4.98 Å². The van der Waals surface area contributed by atoms with Gasteiger partial charge >= 0.3 is 5.97 Å². The summed E-state index contributed by atoms with van der Waals surface area (Å²) in [6, 6.07) is 11.1. The number of nitrogens with zero attached hydrogens (tertiary/aromatic N) is 4. The summed E-state index contributed by atoms with van der Waals surface area (Å²) < 4.78 is 33.2. The second kappa shape index (κ2) is 8.45. The van der Waals surface area contributed by atoms with Gasteiger partial charge in [0.15, 0.2) is 5.13 Å². The Morgan fingerprint density at radius 1 is 1.06 bits per heavy atom. The molecule has 0 unspecified atom stereocenters. The third-order valence-corrected chi connectivity index (χ3v) is 8.34. The topological polar surface area (TPSA) is 83.0 Å². The quantitative estimate of drug-likeness (QED) is 0.541. The number of sulfonamides is 1. The van der Waals surface area contributed by atoms with Crippen molar-refractivity contribution < 1.29 is 17.9 Å². The summed E-state index contributed by atoms with van der Waals surface area (Å²) in [6.45, 7) is 1.70. The van der Waals surface area contributed by atoms with Crippen LogP contribution in [0.5, 0.6) is 0 Å². The Kier molecular flexibility index (Phi) is 5.87. The zero-order chi connectivity index (χ0) is 22.2. The highest BCUT2D eigenvalue weighted by Crippen LogP contribution is 2.32. The van der Waals surface area contributed by atoms with E-state index < -0.39 is 16.0 Å². The van der Waals surface area contributed by atoms with Crippen molar-refractivity contribution in [2.45, 2.75) is 4.90 Å². The summed E-state index contributed by atoms with van der Waals surface area (Å²) >= 11 is 1.25. The number of carbonyl (C=O) groups excluding carboxylic acids is 1. The van der Waals surface area contributed by atoms with Gasteiger partial charge in [0.05, 0.1) is 18.2 Å². The third kappa shape index (κ3) is 3.98. The van der Waals surface area contributed by atoms with Crippen molar-refractivity contribution in [1.29, 1.82) is 0 Å². The van der Waals surface area contributed by atoms with Gasteiger partial charge in [-0.1, -0.05) is 35.6 Å². The molecule has 2 heterocycles. The Balaban J connectivity index is 1.57. The number of methoxy groups -OCH3 is 1. The van der Waals surface area contributed by atoms with Crippen molar-refractivity contribution in [3.63, 3.8) is 0 Å². The molecule has 1 aromatic heterocycles. The Hall–Kier alpha value is -2.69. The molecule has 1 aliphatic rings. The van der Waals surface area contributed by atoms with Gasteiger partial charge in [-0.25, -0.2) is 18.2 Å². The number of benzene rings is 2. The lowest BCUT2D eigenvalue weighted by atomic mass is 10.1. The van der Waals surface area contributed by atoms with Gasteiger partial charge in [-0.15, -0.1) is 0 Å². The Morgan fingerprint density at radius 2 is 1.74 bits per heavy atom. The van der Waals surface area contributed by atoms with Crippen molar-refractivity contribution in [3.05, 3.63) is 47.5 Å². The molecular formula is C21H24N4O4S2. The molecule has 0 amide bonds. The standard InChI is InChI=1S/C21H24N4O4S2/c1-23(2)17-8-4-7-16-15(17)6-5-9-19(16)31(27,28)25-12-10-24(11-13-25)21-22-14-18(30-21)20(26)29-3/h4-9,14H,10-13H2,1-3H3. The van der Waals surface area contributed by atoms with Gasteiger partial charge in [0.1, 0.15) is 4.88 Å². The Morgan fingerprint density at radius 3 is 2.42 bits per heavy atom. The van der Waals surface area contributed by atoms with E-state index >= 15 is 0 Å². The van der Waals surface area contributed by atoms with Crippen LogP contribution in [0.2, 0.25) is 0 Å². The molecule has 0 spiro atoms. The van der Waals surface area contributed by atoms with Crippen molar-refractivity contribution in [2.75, 3.05) is 57.2 Å². The van der Waals surface area contributed by atoms with E-state index in [0.29, 0.717) is 41.1 Å².